The third-order valence-electron chi connectivity index (χ3n) is 2.38. The van der Waals surface area contributed by atoms with Crippen molar-refractivity contribution in [2.45, 2.75) is 54.4 Å². The summed E-state index contributed by atoms with van der Waals surface area (Å²) in [4.78, 5) is 0. The summed E-state index contributed by atoms with van der Waals surface area (Å²) in [5, 5.41) is 0. The lowest BCUT2D eigenvalue weighted by Crippen LogP contribution is -2.05. The standard InChI is InChI=1S/C7H16.C4H10O3P/c1-5-7(3,4)6-2;1-3-6-8(5)7-4-2/h5-6H2,1-4H3;3-4H2,1-2H3/q;+1. The summed E-state index contributed by atoms with van der Waals surface area (Å²) in [6, 6.07) is 0. The van der Waals surface area contributed by atoms with Crippen LogP contribution in [0.15, 0.2) is 0 Å². The Balaban J connectivity index is 0. The van der Waals surface area contributed by atoms with E-state index in [1.54, 1.807) is 13.8 Å². The molecule has 0 radical (unpaired) electrons. The molecule has 0 bridgehead atoms. The van der Waals surface area contributed by atoms with E-state index in [0.717, 1.165) is 0 Å². The van der Waals surface area contributed by atoms with Gasteiger partial charge in [0.1, 0.15) is 13.2 Å². The van der Waals surface area contributed by atoms with Crippen molar-refractivity contribution in [2.75, 3.05) is 13.2 Å². The maximum atomic E-state index is 10.3. The highest BCUT2D eigenvalue weighted by molar-refractivity contribution is 7.33. The van der Waals surface area contributed by atoms with Gasteiger partial charge in [-0.3, -0.25) is 0 Å². The van der Waals surface area contributed by atoms with Crippen LogP contribution in [0.2, 0.25) is 0 Å². The molecule has 0 aliphatic rings. The smallest absolute Gasteiger partial charge is 0.119 e. The van der Waals surface area contributed by atoms with Gasteiger partial charge in [-0.25, -0.2) is 0 Å². The van der Waals surface area contributed by atoms with Gasteiger partial charge in [-0.15, -0.1) is 9.05 Å². The topological polar surface area (TPSA) is 35.5 Å². The van der Waals surface area contributed by atoms with Gasteiger partial charge in [0.2, 0.25) is 0 Å². The highest BCUT2D eigenvalue weighted by Crippen LogP contribution is 2.23. The average molecular weight is 237 g/mol. The van der Waals surface area contributed by atoms with E-state index >= 15 is 0 Å². The summed E-state index contributed by atoms with van der Waals surface area (Å²) in [6.07, 6.45) is 2.59. The maximum absolute atomic E-state index is 10.3. The van der Waals surface area contributed by atoms with E-state index in [9.17, 15) is 4.57 Å². The SMILES string of the molecule is CCC(C)(C)CC.CCO[P+](=O)OCC. The summed E-state index contributed by atoms with van der Waals surface area (Å²) in [6.45, 7) is 13.5. The van der Waals surface area contributed by atoms with E-state index in [2.05, 4.69) is 36.7 Å². The van der Waals surface area contributed by atoms with Gasteiger partial charge < -0.3 is 0 Å². The molecule has 0 saturated carbocycles. The van der Waals surface area contributed by atoms with Crippen molar-refractivity contribution in [3.63, 3.8) is 0 Å². The molecule has 0 atom stereocenters. The first-order chi connectivity index (χ1) is 6.93. The van der Waals surface area contributed by atoms with Crippen LogP contribution in [0.5, 0.6) is 0 Å². The van der Waals surface area contributed by atoms with Gasteiger partial charge in [0.25, 0.3) is 0 Å². The average Bonchev–Trinajstić information content (AvgIpc) is 2.20. The second-order valence-electron chi connectivity index (χ2n) is 3.93. The van der Waals surface area contributed by atoms with Crippen LogP contribution < -0.4 is 0 Å². The normalized spacial score (nSPS) is 10.5. The Kier molecular flexibility index (Phi) is 12.2. The number of hydrogen-bond acceptors (Lipinski definition) is 3. The van der Waals surface area contributed by atoms with Crippen LogP contribution in [-0.4, -0.2) is 13.2 Å². The molecule has 0 aromatic heterocycles. The van der Waals surface area contributed by atoms with E-state index in [1.165, 1.54) is 12.8 Å². The fraction of sp³-hybridized carbons (Fsp3) is 1.00. The second kappa shape index (κ2) is 10.5. The van der Waals surface area contributed by atoms with Gasteiger partial charge in [0, 0.05) is 4.57 Å². The first-order valence-corrected chi connectivity index (χ1v) is 6.76. The Morgan fingerprint density at radius 3 is 1.40 bits per heavy atom. The Morgan fingerprint density at radius 2 is 1.27 bits per heavy atom. The van der Waals surface area contributed by atoms with Crippen LogP contribution in [0, 0.1) is 5.41 Å². The van der Waals surface area contributed by atoms with Crippen LogP contribution in [0.25, 0.3) is 0 Å². The Labute approximate surface area is 95.5 Å². The van der Waals surface area contributed by atoms with Gasteiger partial charge in [-0.2, -0.15) is 0 Å². The molecule has 3 nitrogen and oxygen atoms in total. The predicted octanol–water partition coefficient (Wildman–Crippen LogP) is 4.55. The van der Waals surface area contributed by atoms with Crippen molar-refractivity contribution >= 4 is 8.25 Å². The highest BCUT2D eigenvalue weighted by Gasteiger charge is 2.15. The van der Waals surface area contributed by atoms with Crippen molar-refractivity contribution in [2.24, 2.45) is 5.41 Å². The van der Waals surface area contributed by atoms with Gasteiger partial charge in [0.15, 0.2) is 0 Å². The lowest BCUT2D eigenvalue weighted by molar-refractivity contribution is 0.243. The second-order valence-corrected chi connectivity index (χ2v) is 4.89. The molecular weight excluding hydrogens is 211 g/mol. The zero-order valence-electron chi connectivity index (χ0n) is 11.0. The fourth-order valence-corrected chi connectivity index (χ4v) is 0.994. The maximum Gasteiger partial charge on any atom is 0.697 e. The van der Waals surface area contributed by atoms with Crippen molar-refractivity contribution < 1.29 is 13.6 Å². The molecule has 0 saturated heterocycles. The van der Waals surface area contributed by atoms with Crippen molar-refractivity contribution in [1.82, 2.24) is 0 Å². The van der Waals surface area contributed by atoms with Gasteiger partial charge in [-0.05, 0) is 19.3 Å². The van der Waals surface area contributed by atoms with Gasteiger partial charge >= 0.3 is 8.25 Å². The molecular formula is C11H26O3P+. The molecule has 0 N–H and O–H groups in total. The molecule has 0 rings (SSSR count). The summed E-state index contributed by atoms with van der Waals surface area (Å²) in [5.74, 6) is 0. The zero-order chi connectivity index (χ0) is 12.3. The van der Waals surface area contributed by atoms with E-state index in [1.807, 2.05) is 0 Å². The minimum absolute atomic E-state index is 0.440. The van der Waals surface area contributed by atoms with Gasteiger partial charge in [0.05, 0.1) is 0 Å². The third kappa shape index (κ3) is 14.0. The molecule has 0 aliphatic heterocycles. The summed E-state index contributed by atoms with van der Waals surface area (Å²) in [7, 11) is -1.83. The van der Waals surface area contributed by atoms with Crippen molar-refractivity contribution in [3.05, 3.63) is 0 Å². The first-order valence-electron chi connectivity index (χ1n) is 5.66. The molecule has 0 fully saturated rings. The minimum Gasteiger partial charge on any atom is -0.119 e. The Bertz CT molecular complexity index is 144. The molecule has 0 aromatic carbocycles. The summed E-state index contributed by atoms with van der Waals surface area (Å²) < 4.78 is 19.5. The highest BCUT2D eigenvalue weighted by atomic mass is 31.1. The lowest BCUT2D eigenvalue weighted by Gasteiger charge is -2.18. The van der Waals surface area contributed by atoms with Crippen LogP contribution in [-0.2, 0) is 13.6 Å². The Morgan fingerprint density at radius 1 is 0.933 bits per heavy atom. The summed E-state index contributed by atoms with van der Waals surface area (Å²) in [5.41, 5.74) is 0.583. The van der Waals surface area contributed by atoms with Crippen molar-refractivity contribution in [1.29, 1.82) is 0 Å². The van der Waals surface area contributed by atoms with E-state index < -0.39 is 8.25 Å². The first kappa shape index (κ1) is 17.4. The van der Waals surface area contributed by atoms with Crippen LogP contribution in [0.3, 0.4) is 0 Å². The monoisotopic (exact) mass is 237 g/mol. The minimum atomic E-state index is -1.83. The molecule has 0 spiro atoms. The molecule has 0 aromatic rings. The van der Waals surface area contributed by atoms with E-state index in [4.69, 9.17) is 0 Å². The molecule has 92 valence electrons. The number of hydrogen-bond donors (Lipinski definition) is 0. The largest absolute Gasteiger partial charge is 0.697 e. The molecule has 0 heterocycles. The predicted molar refractivity (Wildman–Crippen MR) is 65.2 cm³/mol. The molecule has 0 aliphatic carbocycles. The van der Waals surface area contributed by atoms with Gasteiger partial charge in [-0.1, -0.05) is 40.5 Å². The third-order valence-corrected chi connectivity index (χ3v) is 3.32. The fourth-order valence-electron chi connectivity index (χ4n) is 0.498. The summed E-state index contributed by atoms with van der Waals surface area (Å²) >= 11 is 0. The lowest BCUT2D eigenvalue weighted by atomic mass is 9.88. The molecule has 0 amide bonds. The molecule has 4 heteroatoms. The van der Waals surface area contributed by atoms with Crippen LogP contribution in [0.1, 0.15) is 54.4 Å². The zero-order valence-corrected chi connectivity index (χ0v) is 11.9. The quantitative estimate of drug-likeness (QED) is 0.636. The van der Waals surface area contributed by atoms with Crippen LogP contribution >= 0.6 is 8.25 Å². The van der Waals surface area contributed by atoms with E-state index in [0.29, 0.717) is 18.6 Å². The van der Waals surface area contributed by atoms with Crippen LogP contribution in [0.4, 0.5) is 0 Å². The Hall–Kier alpha value is 0.0200. The molecule has 15 heavy (non-hydrogen) atoms. The van der Waals surface area contributed by atoms with Crippen molar-refractivity contribution in [3.8, 4) is 0 Å². The number of rotatable bonds is 6. The molecule has 0 unspecified atom stereocenters. The van der Waals surface area contributed by atoms with E-state index in [-0.39, 0.29) is 0 Å².